The summed E-state index contributed by atoms with van der Waals surface area (Å²) in [4.78, 5) is 0. The van der Waals surface area contributed by atoms with Gasteiger partial charge in [-0.2, -0.15) is 0 Å². The third-order valence-corrected chi connectivity index (χ3v) is 2.87. The molecule has 2 unspecified atom stereocenters. The first-order valence-corrected chi connectivity index (χ1v) is 5.01. The van der Waals surface area contributed by atoms with E-state index in [0.717, 1.165) is 24.9 Å². The fourth-order valence-corrected chi connectivity index (χ4v) is 2.11. The molecule has 1 nitrogen and oxygen atoms in total. The Labute approximate surface area is 70.6 Å². The number of rotatable bonds is 3. The van der Waals surface area contributed by atoms with Gasteiger partial charge in [0, 0.05) is 13.1 Å². The molecule has 0 spiro atoms. The summed E-state index contributed by atoms with van der Waals surface area (Å²) in [5.74, 6) is 1.89. The van der Waals surface area contributed by atoms with Crippen molar-refractivity contribution in [1.29, 1.82) is 0 Å². The lowest BCUT2D eigenvalue weighted by Gasteiger charge is -2.30. The van der Waals surface area contributed by atoms with Crippen LogP contribution in [0, 0.1) is 11.8 Å². The van der Waals surface area contributed by atoms with Gasteiger partial charge in [-0.1, -0.05) is 33.1 Å². The molecule has 1 aliphatic heterocycles. The van der Waals surface area contributed by atoms with Crippen molar-refractivity contribution in [2.24, 2.45) is 11.8 Å². The molecule has 65 valence electrons. The van der Waals surface area contributed by atoms with Crippen molar-refractivity contribution in [3.8, 4) is 0 Å². The molecule has 1 rings (SSSR count). The van der Waals surface area contributed by atoms with Crippen LogP contribution in [-0.2, 0) is 0 Å². The van der Waals surface area contributed by atoms with E-state index in [2.05, 4.69) is 19.2 Å². The van der Waals surface area contributed by atoms with Crippen molar-refractivity contribution in [1.82, 2.24) is 5.32 Å². The minimum Gasteiger partial charge on any atom is -0.241 e. The molecular weight excluding hydrogens is 134 g/mol. The molecule has 1 fully saturated rings. The van der Waals surface area contributed by atoms with Crippen LogP contribution in [0.5, 0.6) is 0 Å². The predicted octanol–water partition coefficient (Wildman–Crippen LogP) is 2.44. The second kappa shape index (κ2) is 4.76. The quantitative estimate of drug-likeness (QED) is 0.593. The first-order valence-electron chi connectivity index (χ1n) is 5.01. The maximum absolute atomic E-state index is 4.46. The molecule has 0 N–H and O–H groups in total. The van der Waals surface area contributed by atoms with Gasteiger partial charge in [0.25, 0.3) is 0 Å². The van der Waals surface area contributed by atoms with Gasteiger partial charge in [0.15, 0.2) is 0 Å². The molecule has 1 radical (unpaired) electrons. The molecule has 0 aromatic carbocycles. The molecule has 1 aliphatic rings. The van der Waals surface area contributed by atoms with Gasteiger partial charge in [-0.15, -0.1) is 0 Å². The molecule has 1 heteroatoms. The highest BCUT2D eigenvalue weighted by atomic mass is 14.9. The van der Waals surface area contributed by atoms with Gasteiger partial charge in [0.1, 0.15) is 0 Å². The predicted molar refractivity (Wildman–Crippen MR) is 48.7 cm³/mol. The summed E-state index contributed by atoms with van der Waals surface area (Å²) in [6.45, 7) is 6.86. The number of nitrogens with zero attached hydrogens (tertiary/aromatic N) is 1. The fraction of sp³-hybridized carbons (Fsp3) is 1.00. The Morgan fingerprint density at radius 3 is 2.73 bits per heavy atom. The minimum absolute atomic E-state index is 0.906. The van der Waals surface area contributed by atoms with Crippen molar-refractivity contribution < 1.29 is 0 Å². The normalized spacial score (nSPS) is 32.2. The Morgan fingerprint density at radius 1 is 1.27 bits per heavy atom. The van der Waals surface area contributed by atoms with Gasteiger partial charge >= 0.3 is 0 Å². The van der Waals surface area contributed by atoms with Crippen LogP contribution < -0.4 is 5.32 Å². The zero-order chi connectivity index (χ0) is 8.10. The lowest BCUT2D eigenvalue weighted by molar-refractivity contribution is 0.229. The summed E-state index contributed by atoms with van der Waals surface area (Å²) in [6.07, 6.45) is 5.45. The molecule has 0 amide bonds. The summed E-state index contributed by atoms with van der Waals surface area (Å²) in [7, 11) is 0. The van der Waals surface area contributed by atoms with E-state index in [0.29, 0.717) is 0 Å². The second-order valence-corrected chi connectivity index (χ2v) is 3.64. The summed E-state index contributed by atoms with van der Waals surface area (Å²) >= 11 is 0. The van der Waals surface area contributed by atoms with E-state index in [-0.39, 0.29) is 0 Å². The van der Waals surface area contributed by atoms with E-state index in [1.54, 1.807) is 0 Å². The molecular formula is C10H20N. The summed E-state index contributed by atoms with van der Waals surface area (Å²) in [5.41, 5.74) is 0. The maximum Gasteiger partial charge on any atom is 0.0164 e. The van der Waals surface area contributed by atoms with Gasteiger partial charge in [-0.05, 0) is 18.3 Å². The Kier molecular flexibility index (Phi) is 3.92. The van der Waals surface area contributed by atoms with E-state index < -0.39 is 0 Å². The van der Waals surface area contributed by atoms with Crippen LogP contribution >= 0.6 is 0 Å². The average molecular weight is 154 g/mol. The Morgan fingerprint density at radius 2 is 2.09 bits per heavy atom. The SMILES string of the molecule is CCCC1CC[N]CC1CC. The first-order chi connectivity index (χ1) is 5.38. The third-order valence-electron chi connectivity index (χ3n) is 2.87. The molecule has 0 aromatic heterocycles. The molecule has 1 heterocycles. The van der Waals surface area contributed by atoms with Crippen LogP contribution in [0.4, 0.5) is 0 Å². The molecule has 0 aliphatic carbocycles. The second-order valence-electron chi connectivity index (χ2n) is 3.64. The summed E-state index contributed by atoms with van der Waals surface area (Å²) in [5, 5.41) is 4.46. The Balaban J connectivity index is 2.31. The Bertz CT molecular complexity index is 99.0. The number of piperidine rings is 1. The van der Waals surface area contributed by atoms with E-state index in [1.165, 1.54) is 25.7 Å². The third kappa shape index (κ3) is 2.48. The molecule has 1 saturated heterocycles. The highest BCUT2D eigenvalue weighted by Crippen LogP contribution is 2.26. The minimum atomic E-state index is 0.906. The van der Waals surface area contributed by atoms with Crippen LogP contribution in [0.2, 0.25) is 0 Å². The van der Waals surface area contributed by atoms with Gasteiger partial charge < -0.3 is 0 Å². The van der Waals surface area contributed by atoms with Gasteiger partial charge in [-0.25, -0.2) is 5.32 Å². The average Bonchev–Trinajstić information content (AvgIpc) is 2.06. The van der Waals surface area contributed by atoms with Crippen molar-refractivity contribution in [2.75, 3.05) is 13.1 Å². The summed E-state index contributed by atoms with van der Waals surface area (Å²) in [6, 6.07) is 0. The van der Waals surface area contributed by atoms with Gasteiger partial charge in [0.2, 0.25) is 0 Å². The highest BCUT2D eigenvalue weighted by Gasteiger charge is 2.22. The first kappa shape index (κ1) is 9.05. The molecule has 0 saturated carbocycles. The lowest BCUT2D eigenvalue weighted by Crippen LogP contribution is -2.31. The zero-order valence-electron chi connectivity index (χ0n) is 7.84. The lowest BCUT2D eigenvalue weighted by atomic mass is 9.82. The van der Waals surface area contributed by atoms with Crippen LogP contribution in [0.25, 0.3) is 0 Å². The van der Waals surface area contributed by atoms with E-state index in [1.807, 2.05) is 0 Å². The van der Waals surface area contributed by atoms with Crippen LogP contribution in [0.1, 0.15) is 39.5 Å². The van der Waals surface area contributed by atoms with Gasteiger partial charge in [-0.3, -0.25) is 0 Å². The Hall–Kier alpha value is -0.0400. The van der Waals surface area contributed by atoms with Crippen LogP contribution in [0.3, 0.4) is 0 Å². The largest absolute Gasteiger partial charge is 0.241 e. The molecule has 0 aromatic rings. The van der Waals surface area contributed by atoms with Crippen LogP contribution in [0.15, 0.2) is 0 Å². The smallest absolute Gasteiger partial charge is 0.0164 e. The standard InChI is InChI=1S/C10H20N/c1-3-5-10-6-7-11-8-9(10)4-2/h9-10H,3-8H2,1-2H3. The molecule has 11 heavy (non-hydrogen) atoms. The van der Waals surface area contributed by atoms with Crippen molar-refractivity contribution >= 4 is 0 Å². The topological polar surface area (TPSA) is 14.1 Å². The van der Waals surface area contributed by atoms with Crippen molar-refractivity contribution in [3.05, 3.63) is 0 Å². The summed E-state index contributed by atoms with van der Waals surface area (Å²) < 4.78 is 0. The van der Waals surface area contributed by atoms with Gasteiger partial charge in [0.05, 0.1) is 0 Å². The number of hydrogen-bond acceptors (Lipinski definition) is 0. The monoisotopic (exact) mass is 154 g/mol. The van der Waals surface area contributed by atoms with Crippen molar-refractivity contribution in [2.45, 2.75) is 39.5 Å². The molecule has 2 atom stereocenters. The van der Waals surface area contributed by atoms with Crippen molar-refractivity contribution in [3.63, 3.8) is 0 Å². The van der Waals surface area contributed by atoms with E-state index >= 15 is 0 Å². The fourth-order valence-electron chi connectivity index (χ4n) is 2.11. The number of hydrogen-bond donors (Lipinski definition) is 0. The maximum atomic E-state index is 4.46. The molecule has 0 bridgehead atoms. The van der Waals surface area contributed by atoms with E-state index in [4.69, 9.17) is 0 Å². The highest BCUT2D eigenvalue weighted by molar-refractivity contribution is 4.76. The van der Waals surface area contributed by atoms with E-state index in [9.17, 15) is 0 Å². The van der Waals surface area contributed by atoms with Crippen LogP contribution in [-0.4, -0.2) is 13.1 Å². The zero-order valence-corrected chi connectivity index (χ0v) is 7.84.